The van der Waals surface area contributed by atoms with Crippen molar-refractivity contribution in [3.05, 3.63) is 0 Å². The van der Waals surface area contributed by atoms with E-state index in [1.165, 1.54) is 25.7 Å². The fourth-order valence-electron chi connectivity index (χ4n) is 3.68. The fourth-order valence-corrected chi connectivity index (χ4v) is 3.68. The molecule has 98 valence electrons. The van der Waals surface area contributed by atoms with E-state index in [9.17, 15) is 4.79 Å². The lowest BCUT2D eigenvalue weighted by atomic mass is 9.89. The molecule has 17 heavy (non-hydrogen) atoms. The van der Waals surface area contributed by atoms with Gasteiger partial charge in [0.05, 0.1) is 6.54 Å². The lowest BCUT2D eigenvalue weighted by Crippen LogP contribution is -2.39. The first-order chi connectivity index (χ1) is 8.24. The summed E-state index contributed by atoms with van der Waals surface area (Å²) in [7, 11) is 0. The van der Waals surface area contributed by atoms with Crippen molar-refractivity contribution in [2.45, 2.75) is 39.5 Å². The Balaban J connectivity index is 1.64. The molecular formula is C14H26N2O. The molecule has 2 rings (SSSR count). The van der Waals surface area contributed by atoms with Crippen LogP contribution in [0.3, 0.4) is 0 Å². The van der Waals surface area contributed by atoms with Crippen molar-refractivity contribution in [2.24, 2.45) is 17.8 Å². The van der Waals surface area contributed by atoms with Crippen LogP contribution < -0.4 is 5.32 Å². The van der Waals surface area contributed by atoms with E-state index < -0.39 is 0 Å². The summed E-state index contributed by atoms with van der Waals surface area (Å²) < 4.78 is 0. The maximum absolute atomic E-state index is 11.8. The van der Waals surface area contributed by atoms with Gasteiger partial charge in [0.2, 0.25) is 5.91 Å². The normalized spacial score (nSPS) is 30.8. The molecule has 3 unspecified atom stereocenters. The Morgan fingerprint density at radius 2 is 2.00 bits per heavy atom. The maximum Gasteiger partial charge on any atom is 0.236 e. The van der Waals surface area contributed by atoms with Gasteiger partial charge < -0.3 is 10.2 Å². The number of hydrogen-bond donors (Lipinski definition) is 1. The van der Waals surface area contributed by atoms with E-state index in [2.05, 4.69) is 5.32 Å². The Hall–Kier alpha value is -0.570. The van der Waals surface area contributed by atoms with Gasteiger partial charge in [0, 0.05) is 13.1 Å². The topological polar surface area (TPSA) is 32.3 Å². The summed E-state index contributed by atoms with van der Waals surface area (Å²) in [6.07, 6.45) is 5.74. The van der Waals surface area contributed by atoms with E-state index in [4.69, 9.17) is 0 Å². The third kappa shape index (κ3) is 3.01. The van der Waals surface area contributed by atoms with Gasteiger partial charge in [0.15, 0.2) is 0 Å². The minimum absolute atomic E-state index is 0.248. The van der Waals surface area contributed by atoms with E-state index in [1.54, 1.807) is 0 Å². The SMILES string of the molecule is CCN(CC)C(=O)CNCC1CC2CCC1C2. The summed E-state index contributed by atoms with van der Waals surface area (Å²) in [6, 6.07) is 0. The Kier molecular flexibility index (Phi) is 4.43. The molecule has 0 spiro atoms. The molecule has 3 heteroatoms. The van der Waals surface area contributed by atoms with E-state index in [0.29, 0.717) is 6.54 Å². The first kappa shape index (κ1) is 12.9. The Morgan fingerprint density at radius 3 is 2.53 bits per heavy atom. The zero-order chi connectivity index (χ0) is 12.3. The molecule has 1 amide bonds. The zero-order valence-electron chi connectivity index (χ0n) is 11.2. The predicted octanol–water partition coefficient (Wildman–Crippen LogP) is 1.88. The standard InChI is InChI=1S/C14H26N2O/c1-3-16(4-2)14(17)10-15-9-13-8-11-5-6-12(13)7-11/h11-13,15H,3-10H2,1-2H3. The second-order valence-electron chi connectivity index (χ2n) is 5.63. The molecule has 0 radical (unpaired) electrons. The fraction of sp³-hybridized carbons (Fsp3) is 0.929. The molecular weight excluding hydrogens is 212 g/mol. The van der Waals surface area contributed by atoms with E-state index in [1.807, 2.05) is 18.7 Å². The van der Waals surface area contributed by atoms with Gasteiger partial charge in [-0.1, -0.05) is 6.42 Å². The lowest BCUT2D eigenvalue weighted by molar-refractivity contribution is -0.129. The van der Waals surface area contributed by atoms with Gasteiger partial charge in [0.25, 0.3) is 0 Å². The molecule has 3 nitrogen and oxygen atoms in total. The summed E-state index contributed by atoms with van der Waals surface area (Å²) in [5.74, 6) is 3.05. The number of likely N-dealkylation sites (N-methyl/N-ethyl adjacent to an activating group) is 1. The van der Waals surface area contributed by atoms with Crippen molar-refractivity contribution in [1.82, 2.24) is 10.2 Å². The van der Waals surface area contributed by atoms with Crippen LogP contribution in [0, 0.1) is 17.8 Å². The number of carbonyl (C=O) groups is 1. The maximum atomic E-state index is 11.8. The molecule has 0 aliphatic heterocycles. The van der Waals surface area contributed by atoms with Crippen LogP contribution in [0.15, 0.2) is 0 Å². The van der Waals surface area contributed by atoms with Crippen molar-refractivity contribution in [3.8, 4) is 0 Å². The number of nitrogens with one attached hydrogen (secondary N) is 1. The van der Waals surface area contributed by atoms with Gasteiger partial charge >= 0.3 is 0 Å². The summed E-state index contributed by atoms with van der Waals surface area (Å²) in [6.45, 7) is 7.30. The summed E-state index contributed by atoms with van der Waals surface area (Å²) in [4.78, 5) is 13.7. The quantitative estimate of drug-likeness (QED) is 0.766. The average molecular weight is 238 g/mol. The minimum Gasteiger partial charge on any atom is -0.342 e. The van der Waals surface area contributed by atoms with Crippen molar-refractivity contribution in [3.63, 3.8) is 0 Å². The highest BCUT2D eigenvalue weighted by Gasteiger charge is 2.38. The summed E-state index contributed by atoms with van der Waals surface area (Å²) >= 11 is 0. The first-order valence-electron chi connectivity index (χ1n) is 7.23. The van der Waals surface area contributed by atoms with Gasteiger partial charge in [0.1, 0.15) is 0 Å². The summed E-state index contributed by atoms with van der Waals surface area (Å²) in [5.41, 5.74) is 0. The zero-order valence-corrected chi connectivity index (χ0v) is 11.2. The second-order valence-corrected chi connectivity index (χ2v) is 5.63. The second kappa shape index (κ2) is 5.85. The molecule has 2 fully saturated rings. The van der Waals surface area contributed by atoms with Gasteiger partial charge in [-0.3, -0.25) is 4.79 Å². The van der Waals surface area contributed by atoms with Crippen LogP contribution in [0.25, 0.3) is 0 Å². The van der Waals surface area contributed by atoms with Gasteiger partial charge in [-0.2, -0.15) is 0 Å². The predicted molar refractivity (Wildman–Crippen MR) is 69.7 cm³/mol. The Bertz CT molecular complexity index is 263. The Morgan fingerprint density at radius 1 is 1.24 bits per heavy atom. The van der Waals surface area contributed by atoms with Crippen molar-refractivity contribution < 1.29 is 4.79 Å². The molecule has 2 aliphatic carbocycles. The number of rotatable bonds is 6. The van der Waals surface area contributed by atoms with E-state index >= 15 is 0 Å². The van der Waals surface area contributed by atoms with Crippen molar-refractivity contribution >= 4 is 5.91 Å². The smallest absolute Gasteiger partial charge is 0.236 e. The molecule has 0 saturated heterocycles. The monoisotopic (exact) mass is 238 g/mol. The van der Waals surface area contributed by atoms with Gasteiger partial charge in [-0.05, 0) is 57.4 Å². The number of nitrogens with zero attached hydrogens (tertiary/aromatic N) is 1. The van der Waals surface area contributed by atoms with E-state index in [-0.39, 0.29) is 5.91 Å². The molecule has 0 heterocycles. The molecule has 2 saturated carbocycles. The van der Waals surface area contributed by atoms with Crippen LogP contribution in [-0.4, -0.2) is 37.0 Å². The summed E-state index contributed by atoms with van der Waals surface area (Å²) in [5, 5.41) is 3.37. The number of hydrogen-bond acceptors (Lipinski definition) is 2. The lowest BCUT2D eigenvalue weighted by Gasteiger charge is -2.23. The number of carbonyl (C=O) groups excluding carboxylic acids is 1. The highest BCUT2D eigenvalue weighted by Crippen LogP contribution is 2.47. The number of fused-ring (bicyclic) bond motifs is 2. The van der Waals surface area contributed by atoms with Crippen LogP contribution in [0.4, 0.5) is 0 Å². The minimum atomic E-state index is 0.248. The van der Waals surface area contributed by atoms with Crippen LogP contribution >= 0.6 is 0 Å². The number of amides is 1. The van der Waals surface area contributed by atoms with Gasteiger partial charge in [-0.15, -0.1) is 0 Å². The highest BCUT2D eigenvalue weighted by atomic mass is 16.2. The van der Waals surface area contributed by atoms with Crippen molar-refractivity contribution in [1.29, 1.82) is 0 Å². The molecule has 0 aromatic heterocycles. The third-order valence-electron chi connectivity index (χ3n) is 4.68. The molecule has 0 aromatic rings. The first-order valence-corrected chi connectivity index (χ1v) is 7.23. The van der Waals surface area contributed by atoms with Crippen LogP contribution in [0.1, 0.15) is 39.5 Å². The molecule has 1 N–H and O–H groups in total. The Labute approximate surface area is 105 Å². The molecule has 0 aromatic carbocycles. The molecule has 3 atom stereocenters. The van der Waals surface area contributed by atoms with Crippen LogP contribution in [-0.2, 0) is 4.79 Å². The molecule has 2 aliphatic rings. The molecule has 2 bridgehead atoms. The average Bonchev–Trinajstić information content (AvgIpc) is 2.92. The van der Waals surface area contributed by atoms with Crippen molar-refractivity contribution in [2.75, 3.05) is 26.2 Å². The van der Waals surface area contributed by atoms with Crippen LogP contribution in [0.2, 0.25) is 0 Å². The van der Waals surface area contributed by atoms with Gasteiger partial charge in [-0.25, -0.2) is 0 Å². The largest absolute Gasteiger partial charge is 0.342 e. The van der Waals surface area contributed by atoms with Crippen LogP contribution in [0.5, 0.6) is 0 Å². The highest BCUT2D eigenvalue weighted by molar-refractivity contribution is 5.78. The third-order valence-corrected chi connectivity index (χ3v) is 4.68. The van der Waals surface area contributed by atoms with E-state index in [0.717, 1.165) is 37.4 Å².